The van der Waals surface area contributed by atoms with Gasteiger partial charge in [0, 0.05) is 11.8 Å². The second-order valence-electron chi connectivity index (χ2n) is 7.07. The number of rotatable bonds is 3. The summed E-state index contributed by atoms with van der Waals surface area (Å²) in [5.41, 5.74) is 4.14. The molecule has 3 N–H and O–H groups in total. The summed E-state index contributed by atoms with van der Waals surface area (Å²) < 4.78 is 19.6. The molecule has 3 aromatic carbocycles. The number of hydrogen-bond donors (Lipinski definition) is 3. The number of aromatic hydroxyl groups is 1. The molecule has 1 aromatic heterocycles. The summed E-state index contributed by atoms with van der Waals surface area (Å²) in [6, 6.07) is 14.2. The van der Waals surface area contributed by atoms with Gasteiger partial charge in [0.15, 0.2) is 10.7 Å². The van der Waals surface area contributed by atoms with Crippen LogP contribution >= 0.6 is 12.2 Å². The van der Waals surface area contributed by atoms with Crippen LogP contribution < -0.4 is 10.6 Å². The van der Waals surface area contributed by atoms with Crippen molar-refractivity contribution < 1.29 is 18.7 Å². The molecule has 0 unspecified atom stereocenters. The van der Waals surface area contributed by atoms with Gasteiger partial charge in [0.2, 0.25) is 5.89 Å². The largest absolute Gasteiger partial charge is 0.507 e. The third kappa shape index (κ3) is 4.24. The summed E-state index contributed by atoms with van der Waals surface area (Å²) in [7, 11) is 0. The zero-order valence-corrected chi connectivity index (χ0v) is 17.5. The monoisotopic (exact) mass is 435 g/mol. The molecule has 0 saturated heterocycles. The van der Waals surface area contributed by atoms with Crippen molar-refractivity contribution in [2.24, 2.45) is 0 Å². The van der Waals surface area contributed by atoms with Gasteiger partial charge >= 0.3 is 0 Å². The van der Waals surface area contributed by atoms with Gasteiger partial charge in [0.05, 0.1) is 11.1 Å². The van der Waals surface area contributed by atoms with E-state index >= 15 is 0 Å². The van der Waals surface area contributed by atoms with Crippen LogP contribution in [-0.4, -0.2) is 21.1 Å². The maximum absolute atomic E-state index is 13.7. The van der Waals surface area contributed by atoms with E-state index in [4.69, 9.17) is 16.6 Å². The Kier molecular flexibility index (Phi) is 5.39. The fraction of sp³-hybridized carbons (Fsp3) is 0.0870. The van der Waals surface area contributed by atoms with Crippen LogP contribution in [0.1, 0.15) is 21.5 Å². The number of aryl methyl sites for hydroxylation is 2. The highest BCUT2D eigenvalue weighted by Crippen LogP contribution is 2.34. The number of nitrogens with one attached hydrogen (secondary N) is 2. The molecular formula is C23H18FN3O3S. The van der Waals surface area contributed by atoms with Crippen LogP contribution in [0.25, 0.3) is 22.6 Å². The maximum Gasteiger partial charge on any atom is 0.260 e. The lowest BCUT2D eigenvalue weighted by atomic mass is 10.1. The Balaban J connectivity index is 1.51. The smallest absolute Gasteiger partial charge is 0.260 e. The van der Waals surface area contributed by atoms with E-state index in [1.54, 1.807) is 18.2 Å². The number of phenolic OH excluding ortho intramolecular Hbond substituents is 1. The lowest BCUT2D eigenvalue weighted by Crippen LogP contribution is -2.34. The SMILES string of the molecule is Cc1cc(C)c2oc(-c3ccc(NC(=S)NC(=O)c4ccccc4F)cc3O)nc2c1. The summed E-state index contributed by atoms with van der Waals surface area (Å²) in [6.45, 7) is 3.92. The quantitative estimate of drug-likeness (QED) is 0.389. The number of nitrogens with zero attached hydrogens (tertiary/aromatic N) is 1. The van der Waals surface area contributed by atoms with Gasteiger partial charge in [-0.1, -0.05) is 18.2 Å². The van der Waals surface area contributed by atoms with Crippen LogP contribution in [0.5, 0.6) is 5.75 Å². The van der Waals surface area contributed by atoms with E-state index in [0.717, 1.165) is 11.1 Å². The van der Waals surface area contributed by atoms with E-state index in [9.17, 15) is 14.3 Å². The van der Waals surface area contributed by atoms with E-state index in [-0.39, 0.29) is 16.4 Å². The van der Waals surface area contributed by atoms with Gasteiger partial charge in [-0.3, -0.25) is 10.1 Å². The van der Waals surface area contributed by atoms with Crippen molar-refractivity contribution in [1.82, 2.24) is 10.3 Å². The second kappa shape index (κ2) is 8.16. The Bertz CT molecular complexity index is 1330. The van der Waals surface area contributed by atoms with Gasteiger partial charge in [0.25, 0.3) is 5.91 Å². The number of benzene rings is 3. The van der Waals surface area contributed by atoms with Crippen LogP contribution in [0.2, 0.25) is 0 Å². The van der Waals surface area contributed by atoms with Crippen molar-refractivity contribution in [2.75, 3.05) is 5.32 Å². The summed E-state index contributed by atoms with van der Waals surface area (Å²) in [6.07, 6.45) is 0. The average Bonchev–Trinajstić information content (AvgIpc) is 3.12. The fourth-order valence-electron chi connectivity index (χ4n) is 3.26. The van der Waals surface area contributed by atoms with Gasteiger partial charge < -0.3 is 14.8 Å². The molecule has 1 amide bonds. The summed E-state index contributed by atoms with van der Waals surface area (Å²) in [5, 5.41) is 15.6. The molecule has 0 spiro atoms. The Labute approximate surface area is 182 Å². The van der Waals surface area contributed by atoms with Gasteiger partial charge in [-0.15, -0.1) is 0 Å². The highest BCUT2D eigenvalue weighted by Gasteiger charge is 2.16. The lowest BCUT2D eigenvalue weighted by Gasteiger charge is -2.11. The summed E-state index contributed by atoms with van der Waals surface area (Å²) in [4.78, 5) is 16.6. The zero-order chi connectivity index (χ0) is 22.1. The molecular weight excluding hydrogens is 417 g/mol. The van der Waals surface area contributed by atoms with E-state index < -0.39 is 11.7 Å². The zero-order valence-electron chi connectivity index (χ0n) is 16.7. The normalized spacial score (nSPS) is 10.8. The Morgan fingerprint density at radius 3 is 2.65 bits per heavy atom. The van der Waals surface area contributed by atoms with Gasteiger partial charge in [-0.05, 0) is 67.5 Å². The predicted molar refractivity (Wildman–Crippen MR) is 121 cm³/mol. The number of anilines is 1. The number of aromatic nitrogens is 1. The first kappa shape index (κ1) is 20.5. The molecule has 156 valence electrons. The topological polar surface area (TPSA) is 87.4 Å². The molecule has 0 aliphatic carbocycles. The number of phenols is 1. The van der Waals surface area contributed by atoms with Crippen molar-refractivity contribution in [3.63, 3.8) is 0 Å². The molecule has 0 fully saturated rings. The van der Waals surface area contributed by atoms with Crippen LogP contribution in [-0.2, 0) is 0 Å². The van der Waals surface area contributed by atoms with E-state index in [1.165, 1.54) is 24.3 Å². The number of halogens is 1. The number of hydrogen-bond acceptors (Lipinski definition) is 5. The van der Waals surface area contributed by atoms with Crippen LogP contribution in [0.4, 0.5) is 10.1 Å². The van der Waals surface area contributed by atoms with Crippen molar-refractivity contribution in [3.05, 3.63) is 77.1 Å². The molecule has 0 bridgehead atoms. The van der Waals surface area contributed by atoms with Gasteiger partial charge in [-0.2, -0.15) is 0 Å². The minimum atomic E-state index is -0.673. The van der Waals surface area contributed by atoms with Crippen molar-refractivity contribution in [2.45, 2.75) is 13.8 Å². The fourth-order valence-corrected chi connectivity index (χ4v) is 3.47. The van der Waals surface area contributed by atoms with Crippen molar-refractivity contribution >= 4 is 40.0 Å². The van der Waals surface area contributed by atoms with Gasteiger partial charge in [-0.25, -0.2) is 9.37 Å². The third-order valence-electron chi connectivity index (χ3n) is 4.65. The second-order valence-corrected chi connectivity index (χ2v) is 7.48. The maximum atomic E-state index is 13.7. The predicted octanol–water partition coefficient (Wildman–Crippen LogP) is 5.08. The Morgan fingerprint density at radius 1 is 1.13 bits per heavy atom. The first-order chi connectivity index (χ1) is 14.8. The number of carbonyl (C=O) groups excluding carboxylic acids is 1. The summed E-state index contributed by atoms with van der Waals surface area (Å²) >= 11 is 5.12. The minimum absolute atomic E-state index is 0.0339. The molecule has 0 radical (unpaired) electrons. The Hall–Kier alpha value is -3.78. The first-order valence-electron chi connectivity index (χ1n) is 9.40. The standard InChI is InChI=1S/C23H18FN3O3S/c1-12-9-13(2)20-18(10-12)26-22(30-20)16-8-7-14(11-19(16)28)25-23(31)27-21(29)15-5-3-4-6-17(15)24/h3-11,28H,1-2H3,(H2,25,27,29,31). The number of carbonyl (C=O) groups is 1. The highest BCUT2D eigenvalue weighted by atomic mass is 32.1. The molecule has 6 nitrogen and oxygen atoms in total. The number of thiocarbonyl (C=S) groups is 1. The van der Waals surface area contributed by atoms with Crippen LogP contribution in [0, 0.1) is 19.7 Å². The van der Waals surface area contributed by atoms with Gasteiger partial charge in [0.1, 0.15) is 17.1 Å². The van der Waals surface area contributed by atoms with E-state index in [2.05, 4.69) is 15.6 Å². The molecule has 4 rings (SSSR count). The molecule has 4 aromatic rings. The van der Waals surface area contributed by atoms with Crippen molar-refractivity contribution in [1.29, 1.82) is 0 Å². The number of oxazole rings is 1. The van der Waals surface area contributed by atoms with E-state index in [0.29, 0.717) is 28.2 Å². The molecule has 0 saturated carbocycles. The van der Waals surface area contributed by atoms with E-state index in [1.807, 2.05) is 26.0 Å². The molecule has 8 heteroatoms. The van der Waals surface area contributed by atoms with Crippen LogP contribution in [0.3, 0.4) is 0 Å². The molecule has 31 heavy (non-hydrogen) atoms. The first-order valence-corrected chi connectivity index (χ1v) is 9.80. The number of fused-ring (bicyclic) bond motifs is 1. The lowest BCUT2D eigenvalue weighted by molar-refractivity contribution is 0.0974. The average molecular weight is 435 g/mol. The highest BCUT2D eigenvalue weighted by molar-refractivity contribution is 7.80. The molecule has 0 atom stereocenters. The summed E-state index contributed by atoms with van der Waals surface area (Å²) in [5.74, 6) is -1.10. The molecule has 0 aliphatic heterocycles. The van der Waals surface area contributed by atoms with Crippen LogP contribution in [0.15, 0.2) is 59.0 Å². The number of amides is 1. The molecule has 1 heterocycles. The third-order valence-corrected chi connectivity index (χ3v) is 4.86. The Morgan fingerprint density at radius 2 is 1.90 bits per heavy atom. The van der Waals surface area contributed by atoms with Crippen molar-refractivity contribution in [3.8, 4) is 17.2 Å². The molecule has 0 aliphatic rings. The minimum Gasteiger partial charge on any atom is -0.507 e.